The third kappa shape index (κ3) is 6.62. The number of carbonyl (C=O) groups is 1. The molecule has 1 saturated carbocycles. The van der Waals surface area contributed by atoms with E-state index in [1.165, 1.54) is 5.56 Å². The predicted molar refractivity (Wildman–Crippen MR) is 125 cm³/mol. The number of aliphatic hydroxyl groups excluding tert-OH is 1. The summed E-state index contributed by atoms with van der Waals surface area (Å²) in [7, 11) is 3.63. The first-order valence-electron chi connectivity index (χ1n) is 9.86. The molecule has 28 heavy (non-hydrogen) atoms. The molecule has 0 saturated heterocycles. The van der Waals surface area contributed by atoms with Crippen LogP contribution in [0, 0.1) is 12.3 Å². The Morgan fingerprint density at radius 3 is 2.36 bits per heavy atom. The highest BCUT2D eigenvalue weighted by atomic mass is 127. The lowest BCUT2D eigenvalue weighted by Gasteiger charge is -2.29. The Hall–Kier alpha value is -1.35. The van der Waals surface area contributed by atoms with Gasteiger partial charge in [0.2, 0.25) is 5.91 Å². The summed E-state index contributed by atoms with van der Waals surface area (Å²) in [5, 5.41) is 16.8. The molecule has 1 aliphatic rings. The summed E-state index contributed by atoms with van der Waals surface area (Å²) in [5.41, 5.74) is 1.65. The fourth-order valence-corrected chi connectivity index (χ4v) is 3.64. The number of benzene rings is 1. The van der Waals surface area contributed by atoms with E-state index in [2.05, 4.69) is 15.6 Å². The second-order valence-electron chi connectivity index (χ2n) is 7.69. The van der Waals surface area contributed by atoms with Gasteiger partial charge in [-0.15, -0.1) is 24.0 Å². The average molecular weight is 502 g/mol. The minimum Gasteiger partial charge on any atom is -0.387 e. The number of hydrogen-bond acceptors (Lipinski definition) is 3. The maximum atomic E-state index is 12.7. The Kier molecular flexibility index (Phi) is 10.2. The number of amides is 1. The lowest BCUT2D eigenvalue weighted by Crippen LogP contribution is -2.43. The third-order valence-electron chi connectivity index (χ3n) is 5.23. The first kappa shape index (κ1) is 24.7. The zero-order valence-corrected chi connectivity index (χ0v) is 19.8. The van der Waals surface area contributed by atoms with Crippen molar-refractivity contribution in [2.24, 2.45) is 10.4 Å². The minimum atomic E-state index is -0.613. The second kappa shape index (κ2) is 11.6. The van der Waals surface area contributed by atoms with Crippen LogP contribution in [0.25, 0.3) is 0 Å². The van der Waals surface area contributed by atoms with Crippen molar-refractivity contribution in [3.8, 4) is 0 Å². The Labute approximate surface area is 186 Å². The number of hydrogen-bond donors (Lipinski definition) is 3. The molecule has 1 aromatic carbocycles. The Balaban J connectivity index is 0.00000392. The van der Waals surface area contributed by atoms with Crippen LogP contribution in [0.5, 0.6) is 0 Å². The van der Waals surface area contributed by atoms with Crippen molar-refractivity contribution in [3.63, 3.8) is 0 Å². The number of aryl methyl sites for hydroxylation is 1. The van der Waals surface area contributed by atoms with E-state index in [0.29, 0.717) is 19.0 Å². The van der Waals surface area contributed by atoms with Crippen molar-refractivity contribution in [2.45, 2.75) is 45.6 Å². The molecule has 0 bridgehead atoms. The summed E-state index contributed by atoms with van der Waals surface area (Å²) in [6.45, 7) is 5.59. The number of nitrogens with zero attached hydrogens (tertiary/aromatic N) is 2. The van der Waals surface area contributed by atoms with Gasteiger partial charge in [-0.2, -0.15) is 0 Å². The molecule has 1 aliphatic carbocycles. The van der Waals surface area contributed by atoms with Crippen LogP contribution in [-0.4, -0.2) is 55.6 Å². The van der Waals surface area contributed by atoms with Crippen LogP contribution in [0.1, 0.15) is 49.8 Å². The molecule has 1 aromatic rings. The Morgan fingerprint density at radius 1 is 1.21 bits per heavy atom. The van der Waals surface area contributed by atoms with Crippen LogP contribution in [0.3, 0.4) is 0 Å². The SMILES string of the molecule is CCNC(=NCC1(C(=O)N(C)C)CCCC1)NCC(O)c1ccc(C)cc1.I. The van der Waals surface area contributed by atoms with E-state index >= 15 is 0 Å². The molecule has 0 radical (unpaired) electrons. The van der Waals surface area contributed by atoms with Gasteiger partial charge in [-0.25, -0.2) is 0 Å². The molecule has 0 heterocycles. The van der Waals surface area contributed by atoms with E-state index < -0.39 is 6.10 Å². The highest BCUT2D eigenvalue weighted by molar-refractivity contribution is 14.0. The summed E-state index contributed by atoms with van der Waals surface area (Å²) in [6.07, 6.45) is 3.31. The van der Waals surface area contributed by atoms with E-state index in [1.54, 1.807) is 4.90 Å². The van der Waals surface area contributed by atoms with Crippen molar-refractivity contribution in [3.05, 3.63) is 35.4 Å². The van der Waals surface area contributed by atoms with Gasteiger partial charge in [-0.1, -0.05) is 42.7 Å². The van der Waals surface area contributed by atoms with Gasteiger partial charge in [0.15, 0.2) is 5.96 Å². The lowest BCUT2D eigenvalue weighted by atomic mass is 9.85. The Morgan fingerprint density at radius 2 is 1.82 bits per heavy atom. The van der Waals surface area contributed by atoms with Gasteiger partial charge >= 0.3 is 0 Å². The fraction of sp³-hybridized carbons (Fsp3) is 0.619. The van der Waals surface area contributed by atoms with E-state index in [0.717, 1.165) is 37.8 Å². The quantitative estimate of drug-likeness (QED) is 0.305. The molecule has 1 atom stereocenters. The van der Waals surface area contributed by atoms with Crippen molar-refractivity contribution < 1.29 is 9.90 Å². The largest absolute Gasteiger partial charge is 0.387 e. The van der Waals surface area contributed by atoms with Gasteiger partial charge in [0, 0.05) is 27.2 Å². The molecule has 0 aromatic heterocycles. The molecule has 3 N–H and O–H groups in total. The van der Waals surface area contributed by atoms with Gasteiger partial charge in [-0.05, 0) is 32.3 Å². The molecule has 7 heteroatoms. The second-order valence-corrected chi connectivity index (χ2v) is 7.69. The predicted octanol–water partition coefficient (Wildman–Crippen LogP) is 2.85. The normalized spacial score (nSPS) is 16.8. The van der Waals surface area contributed by atoms with Crippen molar-refractivity contribution in [1.82, 2.24) is 15.5 Å². The Bertz CT molecular complexity index is 640. The maximum absolute atomic E-state index is 12.7. The van der Waals surface area contributed by atoms with E-state index in [-0.39, 0.29) is 35.3 Å². The molecule has 2 rings (SSSR count). The third-order valence-corrected chi connectivity index (χ3v) is 5.23. The molecular formula is C21H35IN4O2. The van der Waals surface area contributed by atoms with E-state index in [4.69, 9.17) is 0 Å². The summed E-state index contributed by atoms with van der Waals surface area (Å²) in [6, 6.07) is 7.87. The number of rotatable bonds is 7. The van der Waals surface area contributed by atoms with Gasteiger partial charge in [-0.3, -0.25) is 9.79 Å². The monoisotopic (exact) mass is 502 g/mol. The molecule has 1 unspecified atom stereocenters. The number of aliphatic imine (C=N–C) groups is 1. The van der Waals surface area contributed by atoms with Crippen molar-refractivity contribution >= 4 is 35.8 Å². The smallest absolute Gasteiger partial charge is 0.230 e. The van der Waals surface area contributed by atoms with E-state index in [9.17, 15) is 9.90 Å². The topological polar surface area (TPSA) is 77.0 Å². The molecular weight excluding hydrogens is 467 g/mol. The number of guanidine groups is 1. The van der Waals surface area contributed by atoms with Crippen LogP contribution < -0.4 is 10.6 Å². The number of carbonyl (C=O) groups excluding carboxylic acids is 1. The van der Waals surface area contributed by atoms with E-state index in [1.807, 2.05) is 52.2 Å². The summed E-state index contributed by atoms with van der Waals surface area (Å²) >= 11 is 0. The average Bonchev–Trinajstić information content (AvgIpc) is 3.13. The fourth-order valence-electron chi connectivity index (χ4n) is 3.64. The van der Waals surface area contributed by atoms with Crippen LogP contribution in [0.15, 0.2) is 29.3 Å². The first-order valence-corrected chi connectivity index (χ1v) is 9.86. The highest BCUT2D eigenvalue weighted by Gasteiger charge is 2.42. The zero-order chi connectivity index (χ0) is 19.9. The summed E-state index contributed by atoms with van der Waals surface area (Å²) < 4.78 is 0. The zero-order valence-electron chi connectivity index (χ0n) is 17.5. The van der Waals surface area contributed by atoms with Gasteiger partial charge in [0.05, 0.1) is 18.1 Å². The van der Waals surface area contributed by atoms with Crippen LogP contribution in [0.2, 0.25) is 0 Å². The maximum Gasteiger partial charge on any atom is 0.230 e. The molecule has 158 valence electrons. The number of aliphatic hydroxyl groups is 1. The summed E-state index contributed by atoms with van der Waals surface area (Å²) in [5.74, 6) is 0.806. The van der Waals surface area contributed by atoms with Gasteiger partial charge in [0.25, 0.3) is 0 Å². The number of halogens is 1. The van der Waals surface area contributed by atoms with Crippen LogP contribution in [0.4, 0.5) is 0 Å². The lowest BCUT2D eigenvalue weighted by molar-refractivity contribution is -0.138. The van der Waals surface area contributed by atoms with Crippen LogP contribution in [-0.2, 0) is 4.79 Å². The molecule has 1 fully saturated rings. The minimum absolute atomic E-state index is 0. The van der Waals surface area contributed by atoms with Gasteiger partial charge in [0.1, 0.15) is 0 Å². The molecule has 1 amide bonds. The van der Waals surface area contributed by atoms with Crippen LogP contribution >= 0.6 is 24.0 Å². The molecule has 6 nitrogen and oxygen atoms in total. The molecule has 0 aliphatic heterocycles. The standard InChI is InChI=1S/C21H34N4O2.HI/c1-5-22-20(23-14-18(26)17-10-8-16(2)9-11-17)24-15-21(12-6-7-13-21)19(27)25(3)4;/h8-11,18,26H,5-7,12-15H2,1-4H3,(H2,22,23,24);1H. The van der Waals surface area contributed by atoms with Gasteiger partial charge < -0.3 is 20.6 Å². The summed E-state index contributed by atoms with van der Waals surface area (Å²) in [4.78, 5) is 19.1. The molecule has 0 spiro atoms. The first-order chi connectivity index (χ1) is 12.9. The highest BCUT2D eigenvalue weighted by Crippen LogP contribution is 2.39. The van der Waals surface area contributed by atoms with Crippen molar-refractivity contribution in [1.29, 1.82) is 0 Å². The van der Waals surface area contributed by atoms with Crippen molar-refractivity contribution in [2.75, 3.05) is 33.7 Å². The number of nitrogens with one attached hydrogen (secondary N) is 2.